The zero-order chi connectivity index (χ0) is 61.3. The van der Waals surface area contributed by atoms with E-state index < -0.39 is 0 Å². The van der Waals surface area contributed by atoms with E-state index in [1.54, 1.807) is 0 Å². The number of fused-ring (bicyclic) bond motifs is 20. The summed E-state index contributed by atoms with van der Waals surface area (Å²) in [6.07, 6.45) is 0. The molecule has 4 aromatic heterocycles. The zero-order valence-electron chi connectivity index (χ0n) is 50.2. The van der Waals surface area contributed by atoms with Crippen LogP contribution in [0.3, 0.4) is 0 Å². The number of aromatic nitrogens is 2. The molecule has 0 saturated carbocycles. The fourth-order valence-electron chi connectivity index (χ4n) is 15.7. The van der Waals surface area contributed by atoms with Crippen LogP contribution in [0.25, 0.3) is 119 Å². The third-order valence-corrected chi connectivity index (χ3v) is 21.0. The van der Waals surface area contributed by atoms with Crippen molar-refractivity contribution in [2.45, 2.75) is 0 Å². The van der Waals surface area contributed by atoms with E-state index in [9.17, 15) is 0 Å². The maximum absolute atomic E-state index is 6.65. The predicted molar refractivity (Wildman–Crippen MR) is 388 cm³/mol. The minimum Gasteiger partial charge on any atom is -0.458 e. The molecule has 8 heterocycles. The topological polar surface area (TPSA) is 59.9 Å². The van der Waals surface area contributed by atoms with Crippen molar-refractivity contribution in [3.8, 4) is 79.6 Å². The maximum atomic E-state index is 6.65. The Hall–Kier alpha value is -12.0. The number of thiophene rings is 1. The van der Waals surface area contributed by atoms with E-state index in [4.69, 9.17) is 23.4 Å². The van der Waals surface area contributed by atoms with Crippen LogP contribution < -0.4 is 51.7 Å². The number of hydrogen-bond acceptors (Lipinski definition) is 6. The van der Waals surface area contributed by atoms with Gasteiger partial charge in [0.25, 0.3) is 13.4 Å². The third-order valence-electron chi connectivity index (χ3n) is 19.8. The Kier molecular flexibility index (Phi) is 10.9. The summed E-state index contributed by atoms with van der Waals surface area (Å²) < 4.78 is 40.0. The van der Waals surface area contributed by atoms with Gasteiger partial charge in [-0.3, -0.25) is 0 Å². The molecule has 0 saturated heterocycles. The first-order chi connectivity index (χ1) is 46.6. The Morgan fingerprint density at radius 2 is 0.596 bits per heavy atom. The molecular formula is C84H48B2N2O5S. The number of nitrogens with zero attached hydrogens (tertiary/aromatic N) is 2. The predicted octanol–water partition coefficient (Wildman–Crippen LogP) is 18.6. The lowest BCUT2D eigenvalue weighted by molar-refractivity contribution is 0.463. The van der Waals surface area contributed by atoms with E-state index in [1.807, 2.05) is 47.7 Å². The zero-order valence-corrected chi connectivity index (χ0v) is 51.0. The number of para-hydroxylation sites is 7. The van der Waals surface area contributed by atoms with E-state index >= 15 is 0 Å². The van der Waals surface area contributed by atoms with Crippen molar-refractivity contribution in [3.05, 3.63) is 291 Å². The summed E-state index contributed by atoms with van der Waals surface area (Å²) in [7, 11) is 0. The van der Waals surface area contributed by atoms with Gasteiger partial charge in [0, 0.05) is 87.7 Å². The Labute approximate surface area is 543 Å². The van der Waals surface area contributed by atoms with Crippen molar-refractivity contribution >= 4 is 143 Å². The van der Waals surface area contributed by atoms with Crippen LogP contribution in [-0.4, -0.2) is 22.6 Å². The normalized spacial score (nSPS) is 13.0. The highest BCUT2D eigenvalue weighted by Gasteiger charge is 2.42. The van der Waals surface area contributed by atoms with Gasteiger partial charge >= 0.3 is 0 Å². The minimum atomic E-state index is 0.0503. The molecule has 4 aliphatic rings. The lowest BCUT2D eigenvalue weighted by Crippen LogP contribution is -2.57. The molecule has 14 aromatic carbocycles. The average molecular weight is 1220 g/mol. The summed E-state index contributed by atoms with van der Waals surface area (Å²) in [6.45, 7) is 0.108. The number of furan rings is 1. The van der Waals surface area contributed by atoms with Gasteiger partial charge in [0.05, 0.1) is 33.4 Å². The highest BCUT2D eigenvalue weighted by atomic mass is 32.1. The third kappa shape index (κ3) is 7.63. The molecule has 0 N–H and O–H groups in total. The summed E-state index contributed by atoms with van der Waals surface area (Å²) in [5.74, 6) is 6.92. The molecule has 7 nitrogen and oxygen atoms in total. The van der Waals surface area contributed by atoms with E-state index in [0.717, 1.165) is 134 Å². The molecule has 436 valence electrons. The van der Waals surface area contributed by atoms with Gasteiger partial charge in [0.1, 0.15) is 57.2 Å². The average Bonchev–Trinajstić information content (AvgIpc) is 1.02. The van der Waals surface area contributed by atoms with Gasteiger partial charge in [0.15, 0.2) is 0 Å². The summed E-state index contributed by atoms with van der Waals surface area (Å²) in [4.78, 5) is 0. The van der Waals surface area contributed by atoms with Crippen LogP contribution >= 0.6 is 11.3 Å². The van der Waals surface area contributed by atoms with Crippen molar-refractivity contribution in [2.24, 2.45) is 0 Å². The van der Waals surface area contributed by atoms with Gasteiger partial charge < -0.3 is 32.5 Å². The van der Waals surface area contributed by atoms with Gasteiger partial charge in [0.2, 0.25) is 0 Å². The van der Waals surface area contributed by atoms with E-state index in [0.29, 0.717) is 0 Å². The molecule has 0 amide bonds. The standard InChI is InChI=1S/C42H24BNO3.C42H24BNO2S/c1-5-13-34-28(9-1)30-21-25(26-18-20-37-31(22-26)29-10-2-6-14-36(29)45-37)17-19-35(30)44(34)27-23-40-42-41(24-27)47-39-16-8-4-12-33(39)43(42)32-11-3-7-15-38(32)46-40;1-5-13-34-28(9-1)30-21-25(26-18-20-41-31(22-26)29-10-2-8-16-40(29)47-41)17-19-35(30)44(34)27-23-38-42-39(24-27)46-37-15-7-4-12-33(37)43(42)32-11-3-6-14-36(32)45-38/h2*1-24H. The van der Waals surface area contributed by atoms with Crippen molar-refractivity contribution in [2.75, 3.05) is 0 Å². The number of rotatable bonds is 4. The van der Waals surface area contributed by atoms with Gasteiger partial charge in [-0.1, -0.05) is 170 Å². The molecule has 18 aromatic rings. The fourth-order valence-corrected chi connectivity index (χ4v) is 16.8. The van der Waals surface area contributed by atoms with Crippen LogP contribution in [0.15, 0.2) is 296 Å². The maximum Gasteiger partial charge on any atom is 0.260 e. The molecule has 0 radical (unpaired) electrons. The van der Waals surface area contributed by atoms with Crippen molar-refractivity contribution in [1.82, 2.24) is 9.13 Å². The summed E-state index contributed by atoms with van der Waals surface area (Å²) >= 11 is 1.86. The van der Waals surface area contributed by atoms with Crippen LogP contribution in [-0.2, 0) is 0 Å². The SMILES string of the molecule is c1ccc2c(c1)Oc1cc(-n3c4ccccc4c4cc(-c5ccc6oc7ccccc7c6c5)ccc43)cc3c1B2c1ccccc1O3.c1ccc2c(c1)Oc1cc(-n3c4ccccc4c4cc(-c5ccc6sc7ccccc7c6c5)ccc43)cc3c1B2c1ccccc1O3. The van der Waals surface area contributed by atoms with Crippen LogP contribution in [0.1, 0.15) is 0 Å². The molecule has 0 bridgehead atoms. The number of benzene rings is 14. The smallest absolute Gasteiger partial charge is 0.260 e. The monoisotopic (exact) mass is 1220 g/mol. The fraction of sp³-hybridized carbons (Fsp3) is 0. The van der Waals surface area contributed by atoms with Crippen LogP contribution in [0.5, 0.6) is 46.0 Å². The first-order valence-corrected chi connectivity index (χ1v) is 32.7. The summed E-state index contributed by atoms with van der Waals surface area (Å²) in [6, 6.07) is 103. The highest BCUT2D eigenvalue weighted by Crippen LogP contribution is 2.45. The molecule has 0 spiro atoms. The molecule has 0 unspecified atom stereocenters. The van der Waals surface area contributed by atoms with Crippen molar-refractivity contribution in [3.63, 3.8) is 0 Å². The second-order valence-electron chi connectivity index (χ2n) is 24.9. The quantitative estimate of drug-likeness (QED) is 0.164. The Morgan fingerprint density at radius 3 is 1.10 bits per heavy atom. The summed E-state index contributed by atoms with van der Waals surface area (Å²) in [5.41, 5.74) is 20.0. The minimum absolute atomic E-state index is 0.0503. The largest absolute Gasteiger partial charge is 0.458 e. The first-order valence-electron chi connectivity index (χ1n) is 31.9. The molecule has 0 fully saturated rings. The second-order valence-corrected chi connectivity index (χ2v) is 26.0. The van der Waals surface area contributed by atoms with Crippen LogP contribution in [0, 0.1) is 0 Å². The molecule has 94 heavy (non-hydrogen) atoms. The molecule has 22 rings (SSSR count). The van der Waals surface area contributed by atoms with Crippen LogP contribution in [0.4, 0.5) is 0 Å². The number of hydrogen-bond donors (Lipinski definition) is 0. The molecular weight excluding hydrogens is 1170 g/mol. The molecule has 0 atom stereocenters. The van der Waals surface area contributed by atoms with Gasteiger partial charge in [-0.2, -0.15) is 0 Å². The van der Waals surface area contributed by atoms with E-state index in [1.165, 1.54) is 63.8 Å². The van der Waals surface area contributed by atoms with Gasteiger partial charge in [-0.05, 0) is 141 Å². The molecule has 4 aliphatic heterocycles. The molecule has 0 aliphatic carbocycles. The molecule has 10 heteroatoms. The Balaban J connectivity index is 0.000000126. The van der Waals surface area contributed by atoms with Crippen LogP contribution in [0.2, 0.25) is 0 Å². The van der Waals surface area contributed by atoms with E-state index in [-0.39, 0.29) is 13.4 Å². The first kappa shape index (κ1) is 51.7. The van der Waals surface area contributed by atoms with Gasteiger partial charge in [-0.25, -0.2) is 0 Å². The van der Waals surface area contributed by atoms with E-state index in [2.05, 4.69) is 264 Å². The van der Waals surface area contributed by atoms with Gasteiger partial charge in [-0.15, -0.1) is 11.3 Å². The lowest BCUT2D eigenvalue weighted by Gasteiger charge is -2.33. The lowest BCUT2D eigenvalue weighted by atomic mass is 9.35. The van der Waals surface area contributed by atoms with Crippen molar-refractivity contribution < 1.29 is 23.4 Å². The van der Waals surface area contributed by atoms with Crippen molar-refractivity contribution in [1.29, 1.82) is 0 Å². The second kappa shape index (κ2) is 19.8. The highest BCUT2D eigenvalue weighted by molar-refractivity contribution is 7.25. The number of ether oxygens (including phenoxy) is 4. The Bertz CT molecular complexity index is 5790. The Morgan fingerprint density at radius 1 is 0.245 bits per heavy atom. The summed E-state index contributed by atoms with van der Waals surface area (Å²) in [5, 5.41) is 9.72.